The summed E-state index contributed by atoms with van der Waals surface area (Å²) in [5.74, 6) is 1.04. The molecule has 3 heteroatoms. The molecule has 3 nitrogen and oxygen atoms in total. The van der Waals surface area contributed by atoms with Gasteiger partial charge in [0.25, 0.3) is 0 Å². The standard InChI is InChI=1S/C20H22O3/c1-13-9-19(23-16-7-8-22-12-16)17-5-6-18(17)20(13)15-4-2-3-14(10-15)11-21/h2-4,9-10,16,21H,5-8,11-12H2,1H3/t16-/m1/s1. The lowest BCUT2D eigenvalue weighted by Gasteiger charge is -2.29. The lowest BCUT2D eigenvalue weighted by molar-refractivity contribution is 0.140. The van der Waals surface area contributed by atoms with E-state index in [1.54, 1.807) is 0 Å². The summed E-state index contributed by atoms with van der Waals surface area (Å²) in [4.78, 5) is 0. The molecule has 1 atom stereocenters. The van der Waals surface area contributed by atoms with Gasteiger partial charge in [-0.2, -0.15) is 0 Å². The van der Waals surface area contributed by atoms with Crippen molar-refractivity contribution in [3.05, 3.63) is 52.6 Å². The minimum atomic E-state index is 0.0813. The Morgan fingerprint density at radius 2 is 2.09 bits per heavy atom. The van der Waals surface area contributed by atoms with Crippen LogP contribution in [-0.4, -0.2) is 24.4 Å². The first-order chi connectivity index (χ1) is 11.3. The lowest BCUT2D eigenvalue weighted by atomic mass is 9.79. The van der Waals surface area contributed by atoms with E-state index in [2.05, 4.69) is 25.1 Å². The van der Waals surface area contributed by atoms with Gasteiger partial charge >= 0.3 is 0 Å². The molecule has 1 aliphatic heterocycles. The van der Waals surface area contributed by atoms with Crippen LogP contribution in [0.25, 0.3) is 11.1 Å². The van der Waals surface area contributed by atoms with Crippen molar-refractivity contribution in [2.75, 3.05) is 13.2 Å². The van der Waals surface area contributed by atoms with Gasteiger partial charge in [-0.15, -0.1) is 0 Å². The van der Waals surface area contributed by atoms with Crippen molar-refractivity contribution in [2.24, 2.45) is 0 Å². The molecule has 0 spiro atoms. The molecule has 2 aromatic carbocycles. The van der Waals surface area contributed by atoms with Crippen LogP contribution in [0.3, 0.4) is 0 Å². The molecule has 0 radical (unpaired) electrons. The molecule has 2 aromatic rings. The van der Waals surface area contributed by atoms with Crippen LogP contribution in [0.5, 0.6) is 5.75 Å². The van der Waals surface area contributed by atoms with E-state index in [1.165, 1.54) is 27.8 Å². The van der Waals surface area contributed by atoms with Gasteiger partial charge in [-0.1, -0.05) is 18.2 Å². The van der Waals surface area contributed by atoms with Gasteiger partial charge < -0.3 is 14.6 Å². The molecule has 1 heterocycles. The van der Waals surface area contributed by atoms with Crippen LogP contribution in [0, 0.1) is 6.92 Å². The molecule has 23 heavy (non-hydrogen) atoms. The van der Waals surface area contributed by atoms with Gasteiger partial charge in [-0.25, -0.2) is 0 Å². The second-order valence-electron chi connectivity index (χ2n) is 6.49. The Labute approximate surface area is 136 Å². The monoisotopic (exact) mass is 310 g/mol. The van der Waals surface area contributed by atoms with Crippen molar-refractivity contribution in [3.63, 3.8) is 0 Å². The fourth-order valence-electron chi connectivity index (χ4n) is 3.63. The molecule has 120 valence electrons. The Balaban J connectivity index is 1.73. The van der Waals surface area contributed by atoms with E-state index in [4.69, 9.17) is 9.47 Å². The fraction of sp³-hybridized carbons (Fsp3) is 0.400. The average molecular weight is 310 g/mol. The number of hydrogen-bond acceptors (Lipinski definition) is 3. The predicted molar refractivity (Wildman–Crippen MR) is 89.8 cm³/mol. The number of ether oxygens (including phenoxy) is 2. The zero-order valence-corrected chi connectivity index (χ0v) is 13.5. The van der Waals surface area contributed by atoms with Crippen LogP contribution in [0.2, 0.25) is 0 Å². The Morgan fingerprint density at radius 3 is 2.78 bits per heavy atom. The molecule has 1 aliphatic carbocycles. The van der Waals surface area contributed by atoms with Gasteiger partial charge in [-0.3, -0.25) is 0 Å². The van der Waals surface area contributed by atoms with Crippen LogP contribution < -0.4 is 4.74 Å². The Morgan fingerprint density at radius 1 is 1.22 bits per heavy atom. The Hall–Kier alpha value is -1.84. The lowest BCUT2D eigenvalue weighted by Crippen LogP contribution is -2.20. The highest BCUT2D eigenvalue weighted by Crippen LogP contribution is 2.42. The third-order valence-corrected chi connectivity index (χ3v) is 4.91. The number of benzene rings is 2. The zero-order valence-electron chi connectivity index (χ0n) is 13.5. The van der Waals surface area contributed by atoms with Crippen molar-refractivity contribution in [2.45, 2.75) is 38.9 Å². The van der Waals surface area contributed by atoms with Gasteiger partial charge in [-0.05, 0) is 65.3 Å². The van der Waals surface area contributed by atoms with Crippen LogP contribution in [-0.2, 0) is 24.2 Å². The molecule has 1 saturated heterocycles. The summed E-state index contributed by atoms with van der Waals surface area (Å²) in [6, 6.07) is 10.4. The molecular weight excluding hydrogens is 288 g/mol. The molecule has 2 aliphatic rings. The first kappa shape index (κ1) is 14.7. The smallest absolute Gasteiger partial charge is 0.124 e. The average Bonchev–Trinajstić information content (AvgIpc) is 3.03. The van der Waals surface area contributed by atoms with Crippen LogP contribution in [0.1, 0.15) is 28.7 Å². The minimum Gasteiger partial charge on any atom is -0.488 e. The summed E-state index contributed by atoms with van der Waals surface area (Å²) in [7, 11) is 0. The number of fused-ring (bicyclic) bond motifs is 1. The SMILES string of the molecule is Cc1cc(O[C@@H]2CCOC2)c2c(c1-c1cccc(CO)c1)CC2. The number of hydrogen-bond donors (Lipinski definition) is 1. The summed E-state index contributed by atoms with van der Waals surface area (Å²) >= 11 is 0. The first-order valence-corrected chi connectivity index (χ1v) is 8.36. The van der Waals surface area contributed by atoms with E-state index >= 15 is 0 Å². The minimum absolute atomic E-state index is 0.0813. The van der Waals surface area contributed by atoms with E-state index in [1.807, 2.05) is 12.1 Å². The number of rotatable bonds is 4. The van der Waals surface area contributed by atoms with E-state index in [0.717, 1.165) is 37.2 Å². The maximum atomic E-state index is 9.39. The van der Waals surface area contributed by atoms with Crippen LogP contribution in [0.15, 0.2) is 30.3 Å². The first-order valence-electron chi connectivity index (χ1n) is 8.36. The van der Waals surface area contributed by atoms with Crippen molar-refractivity contribution in [3.8, 4) is 16.9 Å². The number of aliphatic hydroxyl groups excluding tert-OH is 1. The van der Waals surface area contributed by atoms with Gasteiger partial charge in [0.2, 0.25) is 0 Å². The highest BCUT2D eigenvalue weighted by molar-refractivity contribution is 5.76. The molecule has 0 amide bonds. The summed E-state index contributed by atoms with van der Waals surface area (Å²) in [5.41, 5.74) is 7.48. The second kappa shape index (κ2) is 5.99. The van der Waals surface area contributed by atoms with Crippen molar-refractivity contribution < 1.29 is 14.6 Å². The molecule has 1 fully saturated rings. The predicted octanol–water partition coefficient (Wildman–Crippen LogP) is 3.42. The third-order valence-electron chi connectivity index (χ3n) is 4.91. The van der Waals surface area contributed by atoms with Crippen molar-refractivity contribution in [1.29, 1.82) is 0 Å². The maximum absolute atomic E-state index is 9.39. The molecule has 4 rings (SSSR count). The summed E-state index contributed by atoms with van der Waals surface area (Å²) < 4.78 is 11.6. The highest BCUT2D eigenvalue weighted by atomic mass is 16.5. The largest absolute Gasteiger partial charge is 0.488 e. The normalized spacial score (nSPS) is 19.3. The third kappa shape index (κ3) is 2.64. The summed E-state index contributed by atoms with van der Waals surface area (Å²) in [6.07, 6.45) is 3.37. The van der Waals surface area contributed by atoms with E-state index in [0.29, 0.717) is 6.61 Å². The van der Waals surface area contributed by atoms with Gasteiger partial charge in [0.1, 0.15) is 11.9 Å². The van der Waals surface area contributed by atoms with Crippen LogP contribution >= 0.6 is 0 Å². The number of aliphatic hydroxyl groups is 1. The molecule has 0 unspecified atom stereocenters. The van der Waals surface area contributed by atoms with Gasteiger partial charge in [0, 0.05) is 6.42 Å². The quantitative estimate of drug-likeness (QED) is 0.940. The summed E-state index contributed by atoms with van der Waals surface area (Å²) in [5, 5.41) is 9.39. The van der Waals surface area contributed by atoms with Crippen molar-refractivity contribution in [1.82, 2.24) is 0 Å². The van der Waals surface area contributed by atoms with E-state index in [9.17, 15) is 5.11 Å². The zero-order chi connectivity index (χ0) is 15.8. The molecule has 0 saturated carbocycles. The molecule has 1 N–H and O–H groups in total. The fourth-order valence-corrected chi connectivity index (χ4v) is 3.63. The van der Waals surface area contributed by atoms with E-state index in [-0.39, 0.29) is 12.7 Å². The summed E-state index contributed by atoms with van der Waals surface area (Å²) in [6.45, 7) is 3.74. The Kier molecular flexibility index (Phi) is 3.83. The Bertz CT molecular complexity index is 730. The van der Waals surface area contributed by atoms with Gasteiger partial charge in [0.15, 0.2) is 0 Å². The molecular formula is C20H22O3. The maximum Gasteiger partial charge on any atom is 0.124 e. The topological polar surface area (TPSA) is 38.7 Å². The molecule has 0 aromatic heterocycles. The highest BCUT2D eigenvalue weighted by Gasteiger charge is 2.27. The van der Waals surface area contributed by atoms with Crippen LogP contribution in [0.4, 0.5) is 0 Å². The van der Waals surface area contributed by atoms with Crippen molar-refractivity contribution >= 4 is 0 Å². The number of aryl methyl sites for hydroxylation is 1. The second-order valence-corrected chi connectivity index (χ2v) is 6.49. The van der Waals surface area contributed by atoms with Gasteiger partial charge in [0.05, 0.1) is 19.8 Å². The van der Waals surface area contributed by atoms with E-state index < -0.39 is 0 Å². The molecule has 0 bridgehead atoms.